The number of ether oxygens (including phenoxy) is 3. The predicted octanol–water partition coefficient (Wildman–Crippen LogP) is 3.99. The Balaban J connectivity index is 1.84. The lowest BCUT2D eigenvalue weighted by atomic mass is 10.1. The largest absolute Gasteiger partial charge is 0.461 e. The Kier molecular flexibility index (Phi) is 5.55. The van der Waals surface area contributed by atoms with Crippen LogP contribution in [0.25, 0.3) is 10.9 Å². The maximum atomic E-state index is 12.0. The summed E-state index contributed by atoms with van der Waals surface area (Å²) < 4.78 is 17.5. The monoisotopic (exact) mass is 429 g/mol. The minimum absolute atomic E-state index is 0.125. The maximum absolute atomic E-state index is 12.0. The van der Waals surface area contributed by atoms with Crippen LogP contribution in [0.4, 0.5) is 0 Å². The molecule has 2 aromatic rings. The summed E-state index contributed by atoms with van der Waals surface area (Å²) in [6.45, 7) is 3.40. The Bertz CT molecular complexity index is 691. The van der Waals surface area contributed by atoms with Crippen molar-refractivity contribution in [1.82, 2.24) is 4.98 Å². The zero-order chi connectivity index (χ0) is 16.2. The minimum Gasteiger partial charge on any atom is -0.461 e. The van der Waals surface area contributed by atoms with Gasteiger partial charge < -0.3 is 19.2 Å². The number of hydrogen-bond acceptors (Lipinski definition) is 4. The summed E-state index contributed by atoms with van der Waals surface area (Å²) in [5.74, 6) is -0.324. The molecule has 0 amide bonds. The van der Waals surface area contributed by atoms with Gasteiger partial charge >= 0.3 is 5.97 Å². The topological polar surface area (TPSA) is 60.6 Å². The molecule has 0 bridgehead atoms. The van der Waals surface area contributed by atoms with Gasteiger partial charge in [-0.1, -0.05) is 12.1 Å². The molecule has 0 radical (unpaired) electrons. The van der Waals surface area contributed by atoms with Crippen molar-refractivity contribution >= 4 is 39.5 Å². The van der Waals surface area contributed by atoms with E-state index in [1.807, 2.05) is 18.2 Å². The van der Waals surface area contributed by atoms with Crippen LogP contribution >= 0.6 is 22.6 Å². The first-order valence-corrected chi connectivity index (χ1v) is 8.98. The number of aromatic nitrogens is 1. The van der Waals surface area contributed by atoms with E-state index in [1.165, 1.54) is 0 Å². The van der Waals surface area contributed by atoms with Crippen LogP contribution in [0.2, 0.25) is 0 Å². The molecule has 1 saturated heterocycles. The van der Waals surface area contributed by atoms with Crippen molar-refractivity contribution in [2.45, 2.75) is 39.1 Å². The highest BCUT2D eigenvalue weighted by molar-refractivity contribution is 14.1. The van der Waals surface area contributed by atoms with E-state index in [-0.39, 0.29) is 12.3 Å². The molecule has 5 nitrogen and oxygen atoms in total. The molecular weight excluding hydrogens is 409 g/mol. The predicted molar refractivity (Wildman–Crippen MR) is 95.4 cm³/mol. The number of halogens is 1. The molecule has 124 valence electrons. The van der Waals surface area contributed by atoms with E-state index in [1.54, 1.807) is 6.92 Å². The van der Waals surface area contributed by atoms with Crippen LogP contribution < -0.4 is 0 Å². The molecule has 2 heterocycles. The molecule has 3 rings (SSSR count). The van der Waals surface area contributed by atoms with Gasteiger partial charge in [-0.25, -0.2) is 4.79 Å². The van der Waals surface area contributed by atoms with Gasteiger partial charge in [0.05, 0.1) is 16.8 Å². The Morgan fingerprint density at radius 2 is 2.30 bits per heavy atom. The van der Waals surface area contributed by atoms with Crippen molar-refractivity contribution < 1.29 is 19.0 Å². The molecule has 1 N–H and O–H groups in total. The third kappa shape index (κ3) is 3.70. The molecule has 1 fully saturated rings. The fraction of sp³-hybridized carbons (Fsp3) is 0.471. The van der Waals surface area contributed by atoms with Gasteiger partial charge in [-0.2, -0.15) is 0 Å². The van der Waals surface area contributed by atoms with Gasteiger partial charge in [0.15, 0.2) is 6.29 Å². The number of fused-ring (bicyclic) bond motifs is 1. The summed E-state index contributed by atoms with van der Waals surface area (Å²) in [7, 11) is 0. The molecule has 0 aliphatic carbocycles. The van der Waals surface area contributed by atoms with E-state index in [2.05, 4.69) is 27.6 Å². The maximum Gasteiger partial charge on any atom is 0.355 e. The van der Waals surface area contributed by atoms with E-state index < -0.39 is 0 Å². The number of rotatable bonds is 5. The van der Waals surface area contributed by atoms with Crippen LogP contribution in [0.1, 0.15) is 42.2 Å². The first-order chi connectivity index (χ1) is 11.2. The summed E-state index contributed by atoms with van der Waals surface area (Å²) in [5.41, 5.74) is 2.47. The summed E-state index contributed by atoms with van der Waals surface area (Å²) in [4.78, 5) is 15.2. The number of aromatic amines is 1. The third-order valence-electron chi connectivity index (χ3n) is 3.89. The molecule has 0 saturated carbocycles. The first-order valence-electron chi connectivity index (χ1n) is 7.90. The Hall–Kier alpha value is -1.12. The summed E-state index contributed by atoms with van der Waals surface area (Å²) >= 11 is 2.19. The molecule has 1 aromatic carbocycles. The second-order valence-electron chi connectivity index (χ2n) is 5.48. The fourth-order valence-electron chi connectivity index (χ4n) is 2.77. The van der Waals surface area contributed by atoms with Gasteiger partial charge in [-0.15, -0.1) is 0 Å². The second kappa shape index (κ2) is 7.63. The normalized spacial score (nSPS) is 18.3. The minimum atomic E-state index is -0.324. The summed E-state index contributed by atoms with van der Waals surface area (Å²) in [5, 5.41) is 1.02. The molecule has 1 aliphatic rings. The molecular formula is C17H20INO4. The van der Waals surface area contributed by atoms with Crippen LogP contribution in [-0.4, -0.2) is 30.5 Å². The van der Waals surface area contributed by atoms with Crippen molar-refractivity contribution in [2.75, 3.05) is 13.2 Å². The molecule has 23 heavy (non-hydrogen) atoms. The summed E-state index contributed by atoms with van der Waals surface area (Å²) in [6, 6.07) is 5.95. The lowest BCUT2D eigenvalue weighted by Gasteiger charge is -2.22. The Morgan fingerprint density at radius 1 is 1.43 bits per heavy atom. The van der Waals surface area contributed by atoms with Crippen LogP contribution in [-0.2, 0) is 20.8 Å². The smallest absolute Gasteiger partial charge is 0.355 e. The van der Waals surface area contributed by atoms with Gasteiger partial charge in [0, 0.05) is 17.5 Å². The van der Waals surface area contributed by atoms with E-state index in [0.717, 1.165) is 45.9 Å². The first kappa shape index (κ1) is 16.7. The van der Waals surface area contributed by atoms with E-state index >= 15 is 0 Å². The molecule has 1 aromatic heterocycles. The molecule has 6 heteroatoms. The standard InChI is InChI=1S/C17H20INO4/c1-2-21-17(20)16-15(18)14-11(6-5-7-12(14)19-16)10-23-13-8-3-4-9-22-13/h5-7,13,19H,2-4,8-10H2,1H3. The average molecular weight is 429 g/mol. The fourth-order valence-corrected chi connectivity index (χ4v) is 3.76. The number of nitrogens with one attached hydrogen (secondary N) is 1. The number of esters is 1. The van der Waals surface area contributed by atoms with Crippen LogP contribution in [0.5, 0.6) is 0 Å². The lowest BCUT2D eigenvalue weighted by molar-refractivity contribution is -0.168. The van der Waals surface area contributed by atoms with Crippen molar-refractivity contribution in [3.8, 4) is 0 Å². The van der Waals surface area contributed by atoms with Crippen LogP contribution in [0.3, 0.4) is 0 Å². The number of carbonyl (C=O) groups is 1. The van der Waals surface area contributed by atoms with Crippen molar-refractivity contribution in [3.05, 3.63) is 33.0 Å². The van der Waals surface area contributed by atoms with Crippen molar-refractivity contribution in [1.29, 1.82) is 0 Å². The number of H-pyrrole nitrogens is 1. The van der Waals surface area contributed by atoms with E-state index in [4.69, 9.17) is 14.2 Å². The molecule has 1 aliphatic heterocycles. The van der Waals surface area contributed by atoms with Gasteiger partial charge in [-0.05, 0) is 60.4 Å². The lowest BCUT2D eigenvalue weighted by Crippen LogP contribution is -2.22. The zero-order valence-corrected chi connectivity index (χ0v) is 15.2. The van der Waals surface area contributed by atoms with Crippen molar-refractivity contribution in [2.24, 2.45) is 0 Å². The average Bonchev–Trinajstić information content (AvgIpc) is 2.92. The number of carbonyl (C=O) groups excluding carboxylic acids is 1. The quantitative estimate of drug-likeness (QED) is 0.577. The van der Waals surface area contributed by atoms with E-state index in [9.17, 15) is 4.79 Å². The molecule has 0 spiro atoms. The van der Waals surface area contributed by atoms with Crippen molar-refractivity contribution in [3.63, 3.8) is 0 Å². The van der Waals surface area contributed by atoms with Gasteiger partial charge in [0.1, 0.15) is 5.69 Å². The highest BCUT2D eigenvalue weighted by Crippen LogP contribution is 2.29. The number of hydrogen-bond donors (Lipinski definition) is 1. The second-order valence-corrected chi connectivity index (χ2v) is 6.56. The zero-order valence-electron chi connectivity index (χ0n) is 13.1. The highest BCUT2D eigenvalue weighted by atomic mass is 127. The van der Waals surface area contributed by atoms with Gasteiger partial charge in [0.2, 0.25) is 0 Å². The molecule has 1 unspecified atom stereocenters. The molecule has 1 atom stereocenters. The summed E-state index contributed by atoms with van der Waals surface area (Å²) in [6.07, 6.45) is 3.06. The Morgan fingerprint density at radius 3 is 3.04 bits per heavy atom. The number of benzene rings is 1. The highest BCUT2D eigenvalue weighted by Gasteiger charge is 2.20. The Labute approximate surface area is 148 Å². The van der Waals surface area contributed by atoms with Gasteiger partial charge in [-0.3, -0.25) is 0 Å². The van der Waals surface area contributed by atoms with Gasteiger partial charge in [0.25, 0.3) is 0 Å². The SMILES string of the molecule is CCOC(=O)c1[nH]c2cccc(COC3CCCCO3)c2c1I. The van der Waals surface area contributed by atoms with E-state index in [0.29, 0.717) is 18.9 Å². The van der Waals surface area contributed by atoms with Crippen LogP contribution in [0.15, 0.2) is 18.2 Å². The third-order valence-corrected chi connectivity index (χ3v) is 4.97. The van der Waals surface area contributed by atoms with Crippen LogP contribution in [0, 0.1) is 3.57 Å².